The third-order valence-electron chi connectivity index (χ3n) is 4.49. The van der Waals surface area contributed by atoms with Crippen LogP contribution in [0.4, 0.5) is 5.69 Å². The van der Waals surface area contributed by atoms with Crippen LogP contribution in [0.15, 0.2) is 51.5 Å². The molecule has 1 fully saturated rings. The first-order valence-electron chi connectivity index (χ1n) is 8.40. The fraction of sp³-hybridized carbons (Fsp3) is 0.333. The van der Waals surface area contributed by atoms with E-state index in [9.17, 15) is 0 Å². The summed E-state index contributed by atoms with van der Waals surface area (Å²) in [6.45, 7) is 4.76. The molecule has 7 nitrogen and oxygen atoms in total. The largest absolute Gasteiger partial charge is 0.497 e. The van der Waals surface area contributed by atoms with Gasteiger partial charge in [-0.1, -0.05) is 6.07 Å². The number of quaternary nitrogens is 1. The monoisotopic (exact) mass is 341 g/mol. The van der Waals surface area contributed by atoms with E-state index >= 15 is 0 Å². The van der Waals surface area contributed by atoms with E-state index in [1.807, 2.05) is 24.3 Å². The zero-order valence-corrected chi connectivity index (χ0v) is 14.1. The zero-order valence-electron chi connectivity index (χ0n) is 14.1. The van der Waals surface area contributed by atoms with E-state index in [0.717, 1.165) is 38.5 Å². The van der Waals surface area contributed by atoms with Gasteiger partial charge in [-0.25, -0.2) is 0 Å². The second-order valence-electron chi connectivity index (χ2n) is 6.09. The van der Waals surface area contributed by atoms with Crippen molar-refractivity contribution >= 4 is 5.69 Å². The van der Waals surface area contributed by atoms with Gasteiger partial charge in [-0.3, -0.25) is 0 Å². The summed E-state index contributed by atoms with van der Waals surface area (Å²) in [6, 6.07) is 11.8. The molecular formula is C18H21N4O3+. The van der Waals surface area contributed by atoms with Gasteiger partial charge < -0.3 is 23.4 Å². The molecular weight excluding hydrogens is 320 g/mol. The second kappa shape index (κ2) is 6.98. The fourth-order valence-electron chi connectivity index (χ4n) is 3.10. The van der Waals surface area contributed by atoms with Gasteiger partial charge in [-0.05, 0) is 24.3 Å². The number of nitrogens with zero attached hydrogens (tertiary/aromatic N) is 3. The number of hydrogen-bond donors (Lipinski definition) is 1. The van der Waals surface area contributed by atoms with Crippen LogP contribution in [-0.4, -0.2) is 43.5 Å². The summed E-state index contributed by atoms with van der Waals surface area (Å²) in [5, 5.41) is 8.20. The first-order chi connectivity index (χ1) is 12.3. The number of piperazine rings is 1. The fourth-order valence-corrected chi connectivity index (χ4v) is 3.10. The van der Waals surface area contributed by atoms with E-state index in [4.69, 9.17) is 13.6 Å². The molecule has 0 amide bonds. The average molecular weight is 341 g/mol. The van der Waals surface area contributed by atoms with Crippen LogP contribution in [0.1, 0.15) is 5.89 Å². The van der Waals surface area contributed by atoms with Gasteiger partial charge in [-0.2, -0.15) is 0 Å². The van der Waals surface area contributed by atoms with Crippen LogP contribution in [0.25, 0.3) is 11.7 Å². The standard InChI is InChI=1S/C18H20N4O3/c1-23-15-5-2-4-14(12-15)22-9-7-21(8-10-22)13-17-19-20-18(25-17)16-6-3-11-24-16/h2-6,11-12H,7-10,13H2,1H3/p+1. The zero-order chi connectivity index (χ0) is 17.1. The van der Waals surface area contributed by atoms with Crippen molar-refractivity contribution in [2.75, 3.05) is 38.2 Å². The van der Waals surface area contributed by atoms with Gasteiger partial charge in [0.15, 0.2) is 12.3 Å². The third kappa shape index (κ3) is 3.51. The molecule has 4 rings (SSSR count). The van der Waals surface area contributed by atoms with Crippen molar-refractivity contribution in [2.45, 2.75) is 6.54 Å². The summed E-state index contributed by atoms with van der Waals surface area (Å²) in [6.07, 6.45) is 1.60. The van der Waals surface area contributed by atoms with Crippen LogP contribution < -0.4 is 14.5 Å². The second-order valence-corrected chi connectivity index (χ2v) is 6.09. The van der Waals surface area contributed by atoms with Crippen molar-refractivity contribution in [2.24, 2.45) is 0 Å². The molecule has 25 heavy (non-hydrogen) atoms. The molecule has 0 unspecified atom stereocenters. The van der Waals surface area contributed by atoms with Gasteiger partial charge in [0.1, 0.15) is 5.75 Å². The summed E-state index contributed by atoms with van der Waals surface area (Å²) in [5.74, 6) is 2.59. The minimum Gasteiger partial charge on any atom is -0.497 e. The average Bonchev–Trinajstić information content (AvgIpc) is 3.34. The van der Waals surface area contributed by atoms with Crippen molar-refractivity contribution < 1.29 is 18.5 Å². The van der Waals surface area contributed by atoms with E-state index in [0.29, 0.717) is 17.5 Å². The molecule has 0 radical (unpaired) electrons. The van der Waals surface area contributed by atoms with Crippen LogP contribution in [0.2, 0.25) is 0 Å². The van der Waals surface area contributed by atoms with E-state index in [1.54, 1.807) is 13.4 Å². The highest BCUT2D eigenvalue weighted by Gasteiger charge is 2.23. The lowest BCUT2D eigenvalue weighted by Gasteiger charge is -2.33. The number of benzene rings is 1. The number of nitrogens with one attached hydrogen (secondary N) is 1. The van der Waals surface area contributed by atoms with Crippen LogP contribution in [-0.2, 0) is 6.54 Å². The van der Waals surface area contributed by atoms with Crippen molar-refractivity contribution in [3.05, 3.63) is 48.6 Å². The van der Waals surface area contributed by atoms with E-state index in [2.05, 4.69) is 27.2 Å². The Bertz CT molecular complexity index is 807. The van der Waals surface area contributed by atoms with E-state index in [1.165, 1.54) is 10.6 Å². The molecule has 2 aromatic heterocycles. The number of anilines is 1. The Morgan fingerprint density at radius 2 is 2.04 bits per heavy atom. The first-order valence-corrected chi connectivity index (χ1v) is 8.40. The molecule has 0 spiro atoms. The van der Waals surface area contributed by atoms with Gasteiger partial charge in [-0.15, -0.1) is 10.2 Å². The molecule has 1 aliphatic heterocycles. The Hall–Kier alpha value is -2.80. The Morgan fingerprint density at radius 1 is 1.16 bits per heavy atom. The summed E-state index contributed by atoms with van der Waals surface area (Å²) in [7, 11) is 1.70. The molecule has 0 saturated carbocycles. The van der Waals surface area contributed by atoms with Crippen LogP contribution in [0, 0.1) is 0 Å². The molecule has 7 heteroatoms. The molecule has 1 saturated heterocycles. The number of rotatable bonds is 5. The lowest BCUT2D eigenvalue weighted by Crippen LogP contribution is -3.13. The quantitative estimate of drug-likeness (QED) is 0.753. The van der Waals surface area contributed by atoms with Gasteiger partial charge in [0.2, 0.25) is 0 Å². The number of aromatic nitrogens is 2. The highest BCUT2D eigenvalue weighted by atomic mass is 16.5. The van der Waals surface area contributed by atoms with Crippen molar-refractivity contribution in [1.82, 2.24) is 10.2 Å². The van der Waals surface area contributed by atoms with Gasteiger partial charge in [0.05, 0.1) is 39.6 Å². The lowest BCUT2D eigenvalue weighted by atomic mass is 10.2. The predicted octanol–water partition coefficient (Wildman–Crippen LogP) is 1.24. The molecule has 0 aliphatic carbocycles. The van der Waals surface area contributed by atoms with Gasteiger partial charge in [0, 0.05) is 11.8 Å². The summed E-state index contributed by atoms with van der Waals surface area (Å²) >= 11 is 0. The molecule has 1 N–H and O–H groups in total. The topological polar surface area (TPSA) is 69.0 Å². The minimum atomic E-state index is 0.439. The summed E-state index contributed by atoms with van der Waals surface area (Å²) in [5.41, 5.74) is 1.20. The van der Waals surface area contributed by atoms with E-state index in [-0.39, 0.29) is 0 Å². The molecule has 3 aromatic rings. The number of hydrogen-bond acceptors (Lipinski definition) is 6. The molecule has 0 bridgehead atoms. The smallest absolute Gasteiger partial charge is 0.283 e. The Kier molecular flexibility index (Phi) is 4.39. The molecule has 3 heterocycles. The Labute approximate surface area is 145 Å². The highest BCUT2D eigenvalue weighted by Crippen LogP contribution is 2.21. The Morgan fingerprint density at radius 3 is 2.80 bits per heavy atom. The first kappa shape index (κ1) is 15.7. The van der Waals surface area contributed by atoms with E-state index < -0.39 is 0 Å². The predicted molar refractivity (Wildman–Crippen MR) is 91.6 cm³/mol. The number of furan rings is 1. The number of ether oxygens (including phenoxy) is 1. The summed E-state index contributed by atoms with van der Waals surface area (Å²) < 4.78 is 16.3. The van der Waals surface area contributed by atoms with Crippen LogP contribution >= 0.6 is 0 Å². The lowest BCUT2D eigenvalue weighted by molar-refractivity contribution is -0.915. The Balaban J connectivity index is 1.34. The van der Waals surface area contributed by atoms with Crippen molar-refractivity contribution in [1.29, 1.82) is 0 Å². The van der Waals surface area contributed by atoms with Crippen molar-refractivity contribution in [3.8, 4) is 17.4 Å². The summed E-state index contributed by atoms with van der Waals surface area (Å²) in [4.78, 5) is 3.82. The van der Waals surface area contributed by atoms with Gasteiger partial charge in [0.25, 0.3) is 11.8 Å². The van der Waals surface area contributed by atoms with Crippen LogP contribution in [0.5, 0.6) is 5.75 Å². The molecule has 0 atom stereocenters. The minimum absolute atomic E-state index is 0.439. The third-order valence-corrected chi connectivity index (χ3v) is 4.49. The molecule has 1 aliphatic rings. The SMILES string of the molecule is COc1cccc(N2CC[NH+](Cc3nnc(-c4ccco4)o3)CC2)c1. The molecule has 1 aromatic carbocycles. The van der Waals surface area contributed by atoms with Gasteiger partial charge >= 0.3 is 0 Å². The number of methoxy groups -OCH3 is 1. The molecule has 130 valence electrons. The maximum atomic E-state index is 5.71. The maximum Gasteiger partial charge on any atom is 0.283 e. The normalized spacial score (nSPS) is 15.5. The van der Waals surface area contributed by atoms with Crippen LogP contribution in [0.3, 0.4) is 0 Å². The highest BCUT2D eigenvalue weighted by molar-refractivity contribution is 5.50. The van der Waals surface area contributed by atoms with Crippen molar-refractivity contribution in [3.63, 3.8) is 0 Å². The maximum absolute atomic E-state index is 5.71.